The summed E-state index contributed by atoms with van der Waals surface area (Å²) in [5.41, 5.74) is 7.34. The van der Waals surface area contributed by atoms with E-state index in [1.165, 1.54) is 5.69 Å². The summed E-state index contributed by atoms with van der Waals surface area (Å²) in [6.45, 7) is 6.28. The number of hydrogen-bond acceptors (Lipinski definition) is 5. The predicted molar refractivity (Wildman–Crippen MR) is 143 cm³/mol. The third-order valence-corrected chi connectivity index (χ3v) is 7.25. The van der Waals surface area contributed by atoms with Crippen molar-refractivity contribution < 1.29 is 9.53 Å². The van der Waals surface area contributed by atoms with E-state index in [-0.39, 0.29) is 17.7 Å². The number of carbonyl (C=O) groups excluding carboxylic acids is 1. The van der Waals surface area contributed by atoms with Gasteiger partial charge in [-0.25, -0.2) is 0 Å². The highest BCUT2D eigenvalue weighted by Crippen LogP contribution is 2.44. The summed E-state index contributed by atoms with van der Waals surface area (Å²) in [6, 6.07) is 24.8. The number of Topliss-reactive ketones (excluding diaryl/α,β-unsaturated/α-hetero) is 1. The van der Waals surface area contributed by atoms with E-state index in [2.05, 4.69) is 77.9 Å². The van der Waals surface area contributed by atoms with Crippen molar-refractivity contribution in [2.45, 2.75) is 38.6 Å². The third kappa shape index (κ3) is 4.51. The number of methoxy groups -OCH3 is 1. The molecule has 1 heterocycles. The third-order valence-electron chi connectivity index (χ3n) is 7.25. The summed E-state index contributed by atoms with van der Waals surface area (Å²) in [5, 5.41) is 7.31. The predicted octanol–water partition coefficient (Wildman–Crippen LogP) is 6.52. The number of fused-ring (bicyclic) bond motifs is 1. The van der Waals surface area contributed by atoms with Crippen LogP contribution in [0.3, 0.4) is 0 Å². The Morgan fingerprint density at radius 2 is 1.51 bits per heavy atom. The number of rotatable bonds is 6. The van der Waals surface area contributed by atoms with E-state index in [0.29, 0.717) is 6.42 Å². The standard InChI is InChI=1S/C30H33N3O2/c1-4-33(5-2)23-14-10-21(11-15-23)30-29-27(31-25-8-6-7-9-26(25)32-30)18-22(19-28(29)34)20-12-16-24(35-3)17-13-20/h6-17,22,30-32H,4-5,18-19H2,1-3H3/t22-,30-/m1/s1. The monoisotopic (exact) mass is 467 g/mol. The highest BCUT2D eigenvalue weighted by atomic mass is 16.5. The topological polar surface area (TPSA) is 53.6 Å². The molecule has 5 rings (SSSR count). The molecule has 0 fully saturated rings. The van der Waals surface area contributed by atoms with E-state index in [0.717, 1.165) is 59.0 Å². The smallest absolute Gasteiger partial charge is 0.163 e. The van der Waals surface area contributed by atoms with Gasteiger partial charge in [-0.1, -0.05) is 36.4 Å². The number of allylic oxidation sites excluding steroid dienone is 1. The lowest BCUT2D eigenvalue weighted by Gasteiger charge is -2.30. The Morgan fingerprint density at radius 1 is 0.857 bits per heavy atom. The molecule has 3 aromatic carbocycles. The van der Waals surface area contributed by atoms with E-state index in [9.17, 15) is 4.79 Å². The van der Waals surface area contributed by atoms with Crippen LogP contribution in [-0.2, 0) is 4.79 Å². The van der Waals surface area contributed by atoms with Gasteiger partial charge < -0.3 is 20.3 Å². The van der Waals surface area contributed by atoms with Crippen molar-refractivity contribution >= 4 is 22.8 Å². The molecule has 0 amide bonds. The van der Waals surface area contributed by atoms with Crippen LogP contribution in [-0.4, -0.2) is 26.0 Å². The first kappa shape index (κ1) is 23.0. The number of benzene rings is 3. The molecule has 5 heteroatoms. The SMILES string of the molecule is CCN(CC)c1ccc([C@H]2Nc3ccccc3NC3=C2C(=O)C[C@H](c2ccc(OC)cc2)C3)cc1. The van der Waals surface area contributed by atoms with Crippen molar-refractivity contribution in [1.82, 2.24) is 0 Å². The summed E-state index contributed by atoms with van der Waals surface area (Å²) in [4.78, 5) is 16.1. The van der Waals surface area contributed by atoms with E-state index in [4.69, 9.17) is 4.74 Å². The molecule has 2 aliphatic rings. The van der Waals surface area contributed by atoms with Crippen LogP contribution in [0.1, 0.15) is 49.8 Å². The Hall–Kier alpha value is -3.73. The van der Waals surface area contributed by atoms with Crippen LogP contribution < -0.4 is 20.3 Å². The normalized spacial score (nSPS) is 19.1. The minimum Gasteiger partial charge on any atom is -0.497 e. The summed E-state index contributed by atoms with van der Waals surface area (Å²) in [6.07, 6.45) is 1.29. The first-order chi connectivity index (χ1) is 17.1. The van der Waals surface area contributed by atoms with Gasteiger partial charge in [0, 0.05) is 36.5 Å². The highest BCUT2D eigenvalue weighted by Gasteiger charge is 2.36. The molecule has 3 aromatic rings. The minimum absolute atomic E-state index is 0.135. The van der Waals surface area contributed by atoms with Gasteiger partial charge in [-0.3, -0.25) is 4.79 Å². The van der Waals surface area contributed by atoms with Crippen molar-refractivity contribution in [3.8, 4) is 5.75 Å². The molecule has 1 aliphatic heterocycles. The lowest BCUT2D eigenvalue weighted by Crippen LogP contribution is -2.27. The van der Waals surface area contributed by atoms with Gasteiger partial charge in [-0.2, -0.15) is 0 Å². The van der Waals surface area contributed by atoms with Crippen LogP contribution in [0.5, 0.6) is 5.75 Å². The summed E-state index contributed by atoms with van der Waals surface area (Å²) < 4.78 is 5.32. The first-order valence-corrected chi connectivity index (χ1v) is 12.5. The molecular weight excluding hydrogens is 434 g/mol. The molecule has 2 atom stereocenters. The molecule has 0 saturated carbocycles. The number of ketones is 1. The summed E-state index contributed by atoms with van der Waals surface area (Å²) >= 11 is 0. The van der Waals surface area contributed by atoms with Gasteiger partial charge in [0.1, 0.15) is 5.75 Å². The van der Waals surface area contributed by atoms with Gasteiger partial charge in [-0.05, 0) is 73.7 Å². The van der Waals surface area contributed by atoms with Gasteiger partial charge in [0.2, 0.25) is 0 Å². The number of ether oxygens (including phenoxy) is 1. The van der Waals surface area contributed by atoms with Gasteiger partial charge in [0.15, 0.2) is 5.78 Å². The molecule has 0 saturated heterocycles. The Kier molecular flexibility index (Phi) is 6.49. The zero-order valence-corrected chi connectivity index (χ0v) is 20.7. The average molecular weight is 468 g/mol. The van der Waals surface area contributed by atoms with Crippen molar-refractivity contribution in [3.63, 3.8) is 0 Å². The maximum absolute atomic E-state index is 13.7. The second-order valence-electron chi connectivity index (χ2n) is 9.21. The van der Waals surface area contributed by atoms with Crippen molar-refractivity contribution in [1.29, 1.82) is 0 Å². The number of hydrogen-bond donors (Lipinski definition) is 2. The Bertz CT molecular complexity index is 1230. The molecule has 180 valence electrons. The van der Waals surface area contributed by atoms with Crippen molar-refractivity contribution in [2.24, 2.45) is 0 Å². The molecule has 1 aliphatic carbocycles. The number of anilines is 3. The number of para-hydroxylation sites is 2. The maximum Gasteiger partial charge on any atom is 0.163 e. The molecule has 0 aromatic heterocycles. The molecule has 0 bridgehead atoms. The average Bonchev–Trinajstić information content (AvgIpc) is 3.07. The molecule has 2 N–H and O–H groups in total. The van der Waals surface area contributed by atoms with Crippen molar-refractivity contribution in [2.75, 3.05) is 35.7 Å². The quantitative estimate of drug-likeness (QED) is 0.432. The molecule has 5 nitrogen and oxygen atoms in total. The number of nitrogens with zero attached hydrogens (tertiary/aromatic N) is 1. The number of carbonyl (C=O) groups is 1. The number of nitrogens with one attached hydrogen (secondary N) is 2. The minimum atomic E-state index is -0.198. The van der Waals surface area contributed by atoms with E-state index in [1.54, 1.807) is 7.11 Å². The van der Waals surface area contributed by atoms with E-state index >= 15 is 0 Å². The lowest BCUT2D eigenvalue weighted by atomic mass is 9.78. The molecule has 0 radical (unpaired) electrons. The van der Waals surface area contributed by atoms with Gasteiger partial charge in [0.25, 0.3) is 0 Å². The van der Waals surface area contributed by atoms with E-state index < -0.39 is 0 Å². The second-order valence-corrected chi connectivity index (χ2v) is 9.21. The second kappa shape index (κ2) is 9.87. The zero-order valence-electron chi connectivity index (χ0n) is 20.7. The Labute approximate surface area is 207 Å². The molecule has 35 heavy (non-hydrogen) atoms. The fourth-order valence-electron chi connectivity index (χ4n) is 5.32. The van der Waals surface area contributed by atoms with Crippen molar-refractivity contribution in [3.05, 3.63) is 95.2 Å². The van der Waals surface area contributed by atoms with Crippen LogP contribution in [0, 0.1) is 0 Å². The highest BCUT2D eigenvalue weighted by molar-refractivity contribution is 6.01. The van der Waals surface area contributed by atoms with Crippen LogP contribution in [0.25, 0.3) is 0 Å². The Morgan fingerprint density at radius 3 is 2.17 bits per heavy atom. The summed E-state index contributed by atoms with van der Waals surface area (Å²) in [5.74, 6) is 1.16. The van der Waals surface area contributed by atoms with Crippen LogP contribution >= 0.6 is 0 Å². The fraction of sp³-hybridized carbons (Fsp3) is 0.300. The molecule has 0 unspecified atom stereocenters. The van der Waals surface area contributed by atoms with Crippen LogP contribution in [0.2, 0.25) is 0 Å². The lowest BCUT2D eigenvalue weighted by molar-refractivity contribution is -0.116. The van der Waals surface area contributed by atoms with Crippen LogP contribution in [0.4, 0.5) is 17.1 Å². The summed E-state index contributed by atoms with van der Waals surface area (Å²) in [7, 11) is 1.67. The fourth-order valence-corrected chi connectivity index (χ4v) is 5.32. The van der Waals surface area contributed by atoms with Gasteiger partial charge in [-0.15, -0.1) is 0 Å². The first-order valence-electron chi connectivity index (χ1n) is 12.5. The van der Waals surface area contributed by atoms with E-state index in [1.807, 2.05) is 24.3 Å². The molecule has 0 spiro atoms. The molecular formula is C30H33N3O2. The van der Waals surface area contributed by atoms with Gasteiger partial charge >= 0.3 is 0 Å². The van der Waals surface area contributed by atoms with Gasteiger partial charge in [0.05, 0.1) is 24.5 Å². The Balaban J connectivity index is 1.53. The zero-order chi connectivity index (χ0) is 24.4. The maximum atomic E-state index is 13.7. The largest absolute Gasteiger partial charge is 0.497 e. The van der Waals surface area contributed by atoms with Crippen LogP contribution in [0.15, 0.2) is 84.1 Å².